The monoisotopic (exact) mass is 237 g/mol. The topological polar surface area (TPSA) is 38.8 Å². The maximum atomic E-state index is 11.2. The number of amides is 1. The van der Waals surface area contributed by atoms with E-state index < -0.39 is 0 Å². The van der Waals surface area contributed by atoms with Crippen molar-refractivity contribution >= 4 is 5.91 Å². The van der Waals surface area contributed by atoms with E-state index in [9.17, 15) is 4.79 Å². The van der Waals surface area contributed by atoms with E-state index in [0.717, 1.165) is 22.6 Å². The Morgan fingerprint density at radius 1 is 1.24 bits per heavy atom. The van der Waals surface area contributed by atoms with Crippen molar-refractivity contribution in [3.05, 3.63) is 23.3 Å². The van der Waals surface area contributed by atoms with Crippen LogP contribution in [0.5, 0.6) is 11.5 Å². The van der Waals surface area contributed by atoms with Crippen LogP contribution in [0.2, 0.25) is 0 Å². The summed E-state index contributed by atoms with van der Waals surface area (Å²) < 4.78 is 10.6. The molecule has 0 aromatic heterocycles. The molecule has 0 spiro atoms. The summed E-state index contributed by atoms with van der Waals surface area (Å²) in [4.78, 5) is 12.9. The van der Waals surface area contributed by atoms with Gasteiger partial charge >= 0.3 is 0 Å². The number of methoxy groups -OCH3 is 2. The maximum absolute atomic E-state index is 11.2. The molecule has 17 heavy (non-hydrogen) atoms. The van der Waals surface area contributed by atoms with Crippen molar-refractivity contribution < 1.29 is 14.3 Å². The van der Waals surface area contributed by atoms with Gasteiger partial charge in [-0.2, -0.15) is 0 Å². The van der Waals surface area contributed by atoms with Gasteiger partial charge in [-0.15, -0.1) is 0 Å². The van der Waals surface area contributed by atoms with E-state index in [4.69, 9.17) is 9.47 Å². The van der Waals surface area contributed by atoms with E-state index >= 15 is 0 Å². The first-order valence-electron chi connectivity index (χ1n) is 5.42. The molecule has 1 rings (SSSR count). The Labute approximate surface area is 102 Å². The molecule has 1 amide bonds. The Kier molecular flexibility index (Phi) is 4.37. The van der Waals surface area contributed by atoms with Gasteiger partial charge in [0.15, 0.2) is 0 Å². The number of hydrogen-bond donors (Lipinski definition) is 0. The van der Waals surface area contributed by atoms with Crippen molar-refractivity contribution in [2.24, 2.45) is 0 Å². The number of ether oxygens (including phenoxy) is 2. The lowest BCUT2D eigenvalue weighted by Gasteiger charge is -2.18. The van der Waals surface area contributed by atoms with Gasteiger partial charge in [0.25, 0.3) is 0 Å². The summed E-state index contributed by atoms with van der Waals surface area (Å²) in [5.74, 6) is 1.60. The second-order valence-electron chi connectivity index (χ2n) is 4.01. The zero-order chi connectivity index (χ0) is 13.0. The van der Waals surface area contributed by atoms with Crippen molar-refractivity contribution in [1.82, 2.24) is 4.90 Å². The normalized spacial score (nSPS) is 9.94. The summed E-state index contributed by atoms with van der Waals surface area (Å²) >= 11 is 0. The standard InChI is InChI=1S/C13H19NO3/c1-9-6-13(17-5)11(7-12(9)16-4)8-14(3)10(2)15/h6-7H,8H2,1-5H3. The second-order valence-corrected chi connectivity index (χ2v) is 4.01. The van der Waals surface area contributed by atoms with Crippen LogP contribution >= 0.6 is 0 Å². The Balaban J connectivity index is 3.08. The number of nitrogens with zero attached hydrogens (tertiary/aromatic N) is 1. The largest absolute Gasteiger partial charge is 0.496 e. The van der Waals surface area contributed by atoms with Crippen LogP contribution in [0.25, 0.3) is 0 Å². The molecule has 0 radical (unpaired) electrons. The first-order valence-corrected chi connectivity index (χ1v) is 5.42. The number of carbonyl (C=O) groups is 1. The Hall–Kier alpha value is -1.71. The molecule has 0 saturated heterocycles. The highest BCUT2D eigenvalue weighted by atomic mass is 16.5. The Morgan fingerprint density at radius 3 is 2.29 bits per heavy atom. The predicted molar refractivity (Wildman–Crippen MR) is 66.4 cm³/mol. The lowest BCUT2D eigenvalue weighted by molar-refractivity contribution is -0.128. The highest BCUT2D eigenvalue weighted by Crippen LogP contribution is 2.28. The molecule has 0 atom stereocenters. The minimum absolute atomic E-state index is 0.0200. The fourth-order valence-electron chi connectivity index (χ4n) is 1.60. The molecule has 0 aliphatic carbocycles. The van der Waals surface area contributed by atoms with E-state index in [1.807, 2.05) is 19.1 Å². The summed E-state index contributed by atoms with van der Waals surface area (Å²) in [5.41, 5.74) is 1.95. The molecule has 0 aliphatic heterocycles. The number of hydrogen-bond acceptors (Lipinski definition) is 3. The summed E-state index contributed by atoms with van der Waals surface area (Å²) in [6.07, 6.45) is 0. The van der Waals surface area contributed by atoms with Gasteiger partial charge in [0.1, 0.15) is 11.5 Å². The van der Waals surface area contributed by atoms with Gasteiger partial charge in [-0.1, -0.05) is 0 Å². The van der Waals surface area contributed by atoms with Crippen LogP contribution in [0.3, 0.4) is 0 Å². The van der Waals surface area contributed by atoms with Gasteiger partial charge in [0.2, 0.25) is 5.91 Å². The molecule has 4 nitrogen and oxygen atoms in total. The molecule has 0 fully saturated rings. The van der Waals surface area contributed by atoms with Gasteiger partial charge in [-0.05, 0) is 24.6 Å². The average molecular weight is 237 g/mol. The van der Waals surface area contributed by atoms with E-state index in [0.29, 0.717) is 6.54 Å². The van der Waals surface area contributed by atoms with E-state index in [-0.39, 0.29) is 5.91 Å². The molecule has 1 aromatic carbocycles. The highest BCUT2D eigenvalue weighted by molar-refractivity contribution is 5.73. The average Bonchev–Trinajstić information content (AvgIpc) is 2.30. The maximum Gasteiger partial charge on any atom is 0.219 e. The van der Waals surface area contributed by atoms with Crippen LogP contribution in [0, 0.1) is 6.92 Å². The summed E-state index contributed by atoms with van der Waals surface area (Å²) in [6.45, 7) is 4.01. The molecule has 4 heteroatoms. The lowest BCUT2D eigenvalue weighted by atomic mass is 10.1. The van der Waals surface area contributed by atoms with Gasteiger partial charge in [-0.3, -0.25) is 4.79 Å². The zero-order valence-corrected chi connectivity index (χ0v) is 11.0. The SMILES string of the molecule is COc1cc(CN(C)C(C)=O)c(OC)cc1C. The smallest absolute Gasteiger partial charge is 0.219 e. The van der Waals surface area contributed by atoms with Crippen LogP contribution in [-0.2, 0) is 11.3 Å². The van der Waals surface area contributed by atoms with E-state index in [2.05, 4.69) is 0 Å². The third-order valence-electron chi connectivity index (χ3n) is 2.74. The van der Waals surface area contributed by atoms with Crippen molar-refractivity contribution in [2.75, 3.05) is 21.3 Å². The second kappa shape index (κ2) is 5.57. The van der Waals surface area contributed by atoms with E-state index in [1.54, 1.807) is 26.2 Å². The zero-order valence-electron chi connectivity index (χ0n) is 11.0. The summed E-state index contributed by atoms with van der Waals surface area (Å²) in [6, 6.07) is 3.83. The van der Waals surface area contributed by atoms with Crippen LogP contribution in [0.1, 0.15) is 18.1 Å². The number of rotatable bonds is 4. The fourth-order valence-corrected chi connectivity index (χ4v) is 1.60. The van der Waals surface area contributed by atoms with Crippen LogP contribution in [0.4, 0.5) is 0 Å². The van der Waals surface area contributed by atoms with Gasteiger partial charge in [-0.25, -0.2) is 0 Å². The summed E-state index contributed by atoms with van der Waals surface area (Å²) in [5, 5.41) is 0. The summed E-state index contributed by atoms with van der Waals surface area (Å²) in [7, 11) is 5.01. The lowest BCUT2D eigenvalue weighted by Crippen LogP contribution is -2.23. The fraction of sp³-hybridized carbons (Fsp3) is 0.462. The molecule has 0 bridgehead atoms. The van der Waals surface area contributed by atoms with Crippen molar-refractivity contribution in [3.8, 4) is 11.5 Å². The third-order valence-corrected chi connectivity index (χ3v) is 2.74. The van der Waals surface area contributed by atoms with Crippen molar-refractivity contribution in [2.45, 2.75) is 20.4 Å². The molecular weight excluding hydrogens is 218 g/mol. The molecule has 0 heterocycles. The molecule has 1 aromatic rings. The van der Waals surface area contributed by atoms with E-state index in [1.165, 1.54) is 6.92 Å². The van der Waals surface area contributed by atoms with Crippen LogP contribution < -0.4 is 9.47 Å². The minimum atomic E-state index is 0.0200. The molecular formula is C13H19NO3. The van der Waals surface area contributed by atoms with Gasteiger partial charge in [0, 0.05) is 26.1 Å². The van der Waals surface area contributed by atoms with Crippen molar-refractivity contribution in [1.29, 1.82) is 0 Å². The molecule has 0 saturated carbocycles. The number of benzene rings is 1. The number of carbonyl (C=O) groups excluding carboxylic acids is 1. The first kappa shape index (κ1) is 13.4. The molecule has 0 aliphatic rings. The first-order chi connectivity index (χ1) is 7.99. The highest BCUT2D eigenvalue weighted by Gasteiger charge is 2.11. The van der Waals surface area contributed by atoms with Gasteiger partial charge in [0.05, 0.1) is 14.2 Å². The molecule has 94 valence electrons. The molecule has 0 N–H and O–H groups in total. The van der Waals surface area contributed by atoms with Gasteiger partial charge < -0.3 is 14.4 Å². The minimum Gasteiger partial charge on any atom is -0.496 e. The van der Waals surface area contributed by atoms with Crippen LogP contribution in [-0.4, -0.2) is 32.1 Å². The molecule has 0 unspecified atom stereocenters. The Bertz CT molecular complexity index is 415. The third kappa shape index (κ3) is 3.12. The van der Waals surface area contributed by atoms with Crippen LogP contribution in [0.15, 0.2) is 12.1 Å². The quantitative estimate of drug-likeness (QED) is 0.804. The van der Waals surface area contributed by atoms with Crippen molar-refractivity contribution in [3.63, 3.8) is 0 Å². The predicted octanol–water partition coefficient (Wildman–Crippen LogP) is 1.99. The number of aryl methyl sites for hydroxylation is 1. The Morgan fingerprint density at radius 2 is 1.82 bits per heavy atom.